The molecule has 5 rings (SSSR count). The van der Waals surface area contributed by atoms with Crippen molar-refractivity contribution in [1.29, 1.82) is 0 Å². The minimum Gasteiger partial charge on any atom is -0.496 e. The SMILES string of the molecule is COc1cc2ccc1CNC(=O)[C@H](C)NC(=O)[C@H](CCc1ccccc1)NC(=O)CN(C(=O)[C@@H](C)O)CCCCNC(=O)c1ccc(OC)c(c1)O2. The van der Waals surface area contributed by atoms with Crippen LogP contribution in [0.15, 0.2) is 66.7 Å². The first-order valence-electron chi connectivity index (χ1n) is 17.2. The molecular weight excluding hydrogens is 670 g/mol. The zero-order chi connectivity index (χ0) is 37.6. The van der Waals surface area contributed by atoms with Crippen molar-refractivity contribution in [2.75, 3.05) is 33.9 Å². The smallest absolute Gasteiger partial charge is 0.251 e. The molecule has 0 saturated heterocycles. The van der Waals surface area contributed by atoms with Gasteiger partial charge in [0.2, 0.25) is 17.7 Å². The van der Waals surface area contributed by atoms with Crippen molar-refractivity contribution in [3.8, 4) is 23.0 Å². The van der Waals surface area contributed by atoms with Gasteiger partial charge in [-0.1, -0.05) is 30.3 Å². The summed E-state index contributed by atoms with van der Waals surface area (Å²) in [5, 5.41) is 21.1. The van der Waals surface area contributed by atoms with Crippen LogP contribution in [0.25, 0.3) is 0 Å². The van der Waals surface area contributed by atoms with Crippen LogP contribution in [-0.2, 0) is 32.1 Å². The number of aliphatic hydroxyl groups is 1. The van der Waals surface area contributed by atoms with Crippen LogP contribution in [0.2, 0.25) is 0 Å². The molecule has 278 valence electrons. The number of benzene rings is 3. The van der Waals surface area contributed by atoms with Crippen LogP contribution in [0.5, 0.6) is 23.0 Å². The molecule has 0 aliphatic carbocycles. The Balaban J connectivity index is 1.59. The van der Waals surface area contributed by atoms with E-state index in [1.807, 2.05) is 30.3 Å². The van der Waals surface area contributed by atoms with Gasteiger partial charge in [0.05, 0.1) is 20.8 Å². The van der Waals surface area contributed by atoms with Crippen molar-refractivity contribution >= 4 is 29.5 Å². The number of amides is 5. The molecule has 2 aliphatic heterocycles. The number of fused-ring (bicyclic) bond motifs is 18. The molecule has 52 heavy (non-hydrogen) atoms. The summed E-state index contributed by atoms with van der Waals surface area (Å²) in [5.74, 6) is -1.13. The summed E-state index contributed by atoms with van der Waals surface area (Å²) in [6.45, 7) is 2.91. The largest absolute Gasteiger partial charge is 0.496 e. The predicted octanol–water partition coefficient (Wildman–Crippen LogP) is 2.47. The highest BCUT2D eigenvalue weighted by Gasteiger charge is 2.27. The number of carbonyl (C=O) groups excluding carboxylic acids is 5. The maximum Gasteiger partial charge on any atom is 0.251 e. The molecule has 2 heterocycles. The van der Waals surface area contributed by atoms with Crippen LogP contribution < -0.4 is 35.5 Å². The molecule has 3 atom stereocenters. The van der Waals surface area contributed by atoms with E-state index in [9.17, 15) is 29.1 Å². The van der Waals surface area contributed by atoms with Gasteiger partial charge in [-0.25, -0.2) is 0 Å². The van der Waals surface area contributed by atoms with Crippen molar-refractivity contribution < 1.29 is 43.3 Å². The number of rotatable bonds is 6. The first-order valence-corrected chi connectivity index (χ1v) is 17.2. The van der Waals surface area contributed by atoms with E-state index in [0.29, 0.717) is 53.4 Å². The number of nitrogens with zero attached hydrogens (tertiary/aromatic N) is 1. The third-order valence-corrected chi connectivity index (χ3v) is 8.48. The normalized spacial score (nSPS) is 18.7. The Morgan fingerprint density at radius 3 is 2.38 bits per heavy atom. The molecule has 14 heteroatoms. The fourth-order valence-electron chi connectivity index (χ4n) is 5.57. The average molecular weight is 718 g/mol. The van der Waals surface area contributed by atoms with Crippen molar-refractivity contribution in [3.63, 3.8) is 0 Å². The minimum atomic E-state index is -1.36. The van der Waals surface area contributed by atoms with Gasteiger partial charge in [-0.3, -0.25) is 24.0 Å². The molecule has 5 amide bonds. The van der Waals surface area contributed by atoms with E-state index in [-0.39, 0.29) is 32.0 Å². The fourth-order valence-corrected chi connectivity index (χ4v) is 5.57. The Hall–Kier alpha value is -5.63. The second kappa shape index (κ2) is 19.1. The number of ether oxygens (including phenoxy) is 3. The molecule has 0 radical (unpaired) electrons. The third-order valence-electron chi connectivity index (χ3n) is 8.48. The molecule has 2 aliphatic rings. The highest BCUT2D eigenvalue weighted by atomic mass is 16.5. The van der Waals surface area contributed by atoms with E-state index in [4.69, 9.17) is 14.2 Å². The predicted molar refractivity (Wildman–Crippen MR) is 192 cm³/mol. The van der Waals surface area contributed by atoms with Gasteiger partial charge >= 0.3 is 0 Å². The Morgan fingerprint density at radius 2 is 1.67 bits per heavy atom. The van der Waals surface area contributed by atoms with Gasteiger partial charge in [-0.05, 0) is 75.4 Å². The van der Waals surface area contributed by atoms with Crippen LogP contribution in [0.4, 0.5) is 0 Å². The summed E-state index contributed by atoms with van der Waals surface area (Å²) in [5.41, 5.74) is 1.91. The zero-order valence-electron chi connectivity index (χ0n) is 29.9. The summed E-state index contributed by atoms with van der Waals surface area (Å²) in [4.78, 5) is 67.1. The summed E-state index contributed by atoms with van der Waals surface area (Å²) in [6, 6.07) is 17.3. The third kappa shape index (κ3) is 11.2. The Kier molecular flexibility index (Phi) is 14.4. The van der Waals surface area contributed by atoms with Gasteiger partial charge in [0.1, 0.15) is 29.7 Å². The molecule has 5 N–H and O–H groups in total. The molecular formula is C38H47N5O9. The van der Waals surface area contributed by atoms with E-state index >= 15 is 0 Å². The molecule has 0 saturated carbocycles. The number of nitrogens with one attached hydrogen (secondary N) is 4. The molecule has 0 fully saturated rings. The fraction of sp³-hybridized carbons (Fsp3) is 0.395. The summed E-state index contributed by atoms with van der Waals surface area (Å²) in [6.07, 6.45) is 0.192. The van der Waals surface area contributed by atoms with Crippen molar-refractivity contribution in [3.05, 3.63) is 83.4 Å². The lowest BCUT2D eigenvalue weighted by atomic mass is 10.0. The molecule has 4 bridgehead atoms. The van der Waals surface area contributed by atoms with E-state index in [0.717, 1.165) is 5.56 Å². The van der Waals surface area contributed by atoms with E-state index in [2.05, 4.69) is 21.3 Å². The molecule has 3 aromatic carbocycles. The maximum absolute atomic E-state index is 13.5. The lowest BCUT2D eigenvalue weighted by molar-refractivity contribution is -0.143. The standard InChI is InChI=1S/C38H47N5O9/c1-24-35(46)40-22-28-13-15-29(21-32(28)51-4)52-33-20-27(14-17-31(33)50-3)36(47)39-18-8-9-19-43(38(49)25(2)44)23-34(45)42-30(37(48)41-24)16-12-26-10-6-5-7-11-26/h5-7,10-11,13-15,17,20-21,24-25,30,44H,8-9,12,16,18-19,22-23H2,1-4H3,(H,39,47)(H,40,46)(H,41,48)(H,42,45)/t24-,25+,30-/m0/s1. The highest BCUT2D eigenvalue weighted by molar-refractivity contribution is 5.95. The number of aliphatic hydroxyl groups excluding tert-OH is 1. The topological polar surface area (TPSA) is 185 Å². The Labute approximate surface area is 303 Å². The molecule has 14 nitrogen and oxygen atoms in total. The zero-order valence-corrected chi connectivity index (χ0v) is 29.9. The van der Waals surface area contributed by atoms with E-state index < -0.39 is 48.4 Å². The Morgan fingerprint density at radius 1 is 0.923 bits per heavy atom. The highest BCUT2D eigenvalue weighted by Crippen LogP contribution is 2.34. The lowest BCUT2D eigenvalue weighted by Gasteiger charge is -2.26. The van der Waals surface area contributed by atoms with Gasteiger partial charge in [-0.2, -0.15) is 0 Å². The number of hydrogen-bond acceptors (Lipinski definition) is 9. The number of hydrogen-bond donors (Lipinski definition) is 5. The molecule has 0 unspecified atom stereocenters. The number of aryl methyl sites for hydroxylation is 1. The molecule has 0 aromatic heterocycles. The van der Waals surface area contributed by atoms with Crippen LogP contribution in [-0.4, -0.2) is 91.6 Å². The second-order valence-corrected chi connectivity index (χ2v) is 12.4. The monoisotopic (exact) mass is 717 g/mol. The summed E-state index contributed by atoms with van der Waals surface area (Å²) < 4.78 is 17.1. The van der Waals surface area contributed by atoms with Crippen LogP contribution in [0, 0.1) is 0 Å². The first-order chi connectivity index (χ1) is 25.0. The van der Waals surface area contributed by atoms with Gasteiger partial charge in [0.15, 0.2) is 11.5 Å². The Bertz CT molecular complexity index is 1720. The van der Waals surface area contributed by atoms with Gasteiger partial charge in [0.25, 0.3) is 11.8 Å². The number of methoxy groups -OCH3 is 2. The van der Waals surface area contributed by atoms with E-state index in [1.54, 1.807) is 36.4 Å². The average Bonchev–Trinajstić information content (AvgIpc) is 3.14. The maximum atomic E-state index is 13.5. The van der Waals surface area contributed by atoms with Crippen molar-refractivity contribution in [2.45, 2.75) is 64.3 Å². The minimum absolute atomic E-state index is 0.0722. The van der Waals surface area contributed by atoms with Gasteiger partial charge in [0, 0.05) is 36.8 Å². The summed E-state index contributed by atoms with van der Waals surface area (Å²) in [7, 11) is 2.97. The molecule has 3 aromatic rings. The van der Waals surface area contributed by atoms with Crippen molar-refractivity contribution in [2.24, 2.45) is 0 Å². The van der Waals surface area contributed by atoms with Crippen molar-refractivity contribution in [1.82, 2.24) is 26.2 Å². The van der Waals surface area contributed by atoms with Gasteiger partial charge in [-0.15, -0.1) is 0 Å². The van der Waals surface area contributed by atoms with Gasteiger partial charge < -0.3 is 45.5 Å². The molecule has 0 spiro atoms. The lowest BCUT2D eigenvalue weighted by Crippen LogP contribution is -2.54. The number of carbonyl (C=O) groups is 5. The second-order valence-electron chi connectivity index (χ2n) is 12.4. The van der Waals surface area contributed by atoms with E-state index in [1.165, 1.54) is 33.0 Å². The first kappa shape index (κ1) is 39.2. The summed E-state index contributed by atoms with van der Waals surface area (Å²) >= 11 is 0. The van der Waals surface area contributed by atoms with Crippen LogP contribution >= 0.6 is 0 Å². The quantitative estimate of drug-likeness (QED) is 0.239. The van der Waals surface area contributed by atoms with Crippen LogP contribution in [0.1, 0.15) is 54.6 Å². The van der Waals surface area contributed by atoms with Crippen LogP contribution in [0.3, 0.4) is 0 Å².